The molecule has 4 heteroatoms. The number of aryl methyl sites for hydroxylation is 2. The van der Waals surface area contributed by atoms with E-state index in [1.165, 1.54) is 20.9 Å². The minimum atomic E-state index is 0.210. The summed E-state index contributed by atoms with van der Waals surface area (Å²) >= 11 is 3.31. The maximum absolute atomic E-state index is 9.56. The molecule has 0 aromatic heterocycles. The Balaban J connectivity index is 2.17. The smallest absolute Gasteiger partial charge is 0.131 e. The number of rotatable bonds is 4. The van der Waals surface area contributed by atoms with Gasteiger partial charge in [0.1, 0.15) is 17.4 Å². The van der Waals surface area contributed by atoms with E-state index in [4.69, 9.17) is 4.74 Å². The van der Waals surface area contributed by atoms with Crippen LogP contribution in [0.5, 0.6) is 0 Å². The highest BCUT2D eigenvalue weighted by Gasteiger charge is 2.25. The molecule has 1 aromatic rings. The van der Waals surface area contributed by atoms with Crippen LogP contribution in [0, 0.1) is 30.6 Å². The van der Waals surface area contributed by atoms with Gasteiger partial charge in [-0.15, -0.1) is 0 Å². The van der Waals surface area contributed by atoms with Crippen molar-refractivity contribution >= 4 is 23.5 Å². The van der Waals surface area contributed by atoms with E-state index in [9.17, 15) is 5.26 Å². The maximum Gasteiger partial charge on any atom is 0.131 e. The van der Waals surface area contributed by atoms with Crippen molar-refractivity contribution in [3.63, 3.8) is 0 Å². The third kappa shape index (κ3) is 4.37. The van der Waals surface area contributed by atoms with E-state index in [0.29, 0.717) is 17.9 Å². The van der Waals surface area contributed by atoms with Gasteiger partial charge in [0.25, 0.3) is 0 Å². The Hall–Kier alpha value is -1.31. The second-order valence-corrected chi connectivity index (χ2v) is 9.22. The molecule has 1 aromatic carbocycles. The maximum atomic E-state index is 9.56. The molecule has 0 radical (unpaired) electrons. The van der Waals surface area contributed by atoms with Crippen molar-refractivity contribution in [1.82, 2.24) is 0 Å². The first kappa shape index (κ1) is 18.0. The van der Waals surface area contributed by atoms with Crippen LogP contribution in [0.4, 0.5) is 0 Å². The molecule has 0 aliphatic carbocycles. The Morgan fingerprint density at radius 3 is 2.13 bits per heavy atom. The Morgan fingerprint density at radius 1 is 1.17 bits per heavy atom. The molecule has 0 fully saturated rings. The third-order valence-electron chi connectivity index (χ3n) is 3.62. The van der Waals surface area contributed by atoms with Crippen molar-refractivity contribution in [2.45, 2.75) is 50.8 Å². The number of hydrogen-bond donors (Lipinski definition) is 0. The third-order valence-corrected chi connectivity index (χ3v) is 6.49. The molecule has 0 amide bonds. The molecule has 1 aliphatic rings. The quantitative estimate of drug-likeness (QED) is 0.480. The Morgan fingerprint density at radius 2 is 1.70 bits per heavy atom. The largest absolute Gasteiger partial charge is 0.493 e. The van der Waals surface area contributed by atoms with Crippen LogP contribution >= 0.6 is 23.5 Å². The number of fused-ring (bicyclic) bond motifs is 1. The number of hydrogen-bond acceptors (Lipinski definition) is 4. The lowest BCUT2D eigenvalue weighted by atomic mass is 9.93. The number of allylic oxidation sites excluding steroid dienone is 1. The van der Waals surface area contributed by atoms with E-state index in [1.807, 2.05) is 0 Å². The van der Waals surface area contributed by atoms with Crippen LogP contribution in [-0.2, 0) is 4.74 Å². The zero-order valence-corrected chi connectivity index (χ0v) is 16.1. The zero-order valence-electron chi connectivity index (χ0n) is 14.4. The van der Waals surface area contributed by atoms with Gasteiger partial charge in [0.05, 0.1) is 10.8 Å². The van der Waals surface area contributed by atoms with Crippen molar-refractivity contribution in [1.29, 1.82) is 5.26 Å². The highest BCUT2D eigenvalue weighted by atomic mass is 32.2. The van der Waals surface area contributed by atoms with Gasteiger partial charge in [-0.2, -0.15) is 5.26 Å². The molecule has 0 spiro atoms. The SMILES string of the molecule is C=C(OCCC(C)(C)C)C(C#N)=C1Sc2c(C)ccc(C)c2S1. The second-order valence-electron chi connectivity index (χ2n) is 6.92. The predicted molar refractivity (Wildman–Crippen MR) is 99.4 cm³/mol. The zero-order chi connectivity index (χ0) is 17.2. The molecule has 1 heterocycles. The lowest BCUT2D eigenvalue weighted by Crippen LogP contribution is -2.09. The fourth-order valence-electron chi connectivity index (χ4n) is 2.10. The number of benzene rings is 1. The van der Waals surface area contributed by atoms with Gasteiger partial charge in [0, 0.05) is 9.79 Å². The second kappa shape index (κ2) is 7.07. The molecule has 1 aliphatic heterocycles. The summed E-state index contributed by atoms with van der Waals surface area (Å²) in [6, 6.07) is 6.54. The highest BCUT2D eigenvalue weighted by Crippen LogP contribution is 2.55. The molecule has 122 valence electrons. The van der Waals surface area contributed by atoms with E-state index < -0.39 is 0 Å². The number of ether oxygens (including phenoxy) is 1. The van der Waals surface area contributed by atoms with Crippen LogP contribution in [0.1, 0.15) is 38.3 Å². The summed E-state index contributed by atoms with van der Waals surface area (Å²) < 4.78 is 6.71. The summed E-state index contributed by atoms with van der Waals surface area (Å²) in [5, 5.41) is 9.56. The monoisotopic (exact) mass is 345 g/mol. The molecule has 0 saturated carbocycles. The molecule has 2 rings (SSSR count). The average Bonchev–Trinajstić information content (AvgIpc) is 2.88. The molecule has 0 atom stereocenters. The first-order valence-electron chi connectivity index (χ1n) is 7.65. The van der Waals surface area contributed by atoms with Gasteiger partial charge in [-0.1, -0.05) is 63.0 Å². The van der Waals surface area contributed by atoms with Gasteiger partial charge in [-0.05, 0) is 36.8 Å². The van der Waals surface area contributed by atoms with Crippen molar-refractivity contribution < 1.29 is 4.74 Å². The molecular formula is C19H23NOS2. The fraction of sp³-hybridized carbons (Fsp3) is 0.421. The number of thioether (sulfide) groups is 2. The number of nitrogens with zero attached hydrogens (tertiary/aromatic N) is 1. The van der Waals surface area contributed by atoms with Crippen LogP contribution in [0.25, 0.3) is 0 Å². The fourth-order valence-corrected chi connectivity index (χ4v) is 4.87. The molecule has 0 unspecified atom stereocenters. The highest BCUT2D eigenvalue weighted by molar-refractivity contribution is 8.24. The van der Waals surface area contributed by atoms with Gasteiger partial charge < -0.3 is 4.74 Å². The van der Waals surface area contributed by atoms with E-state index >= 15 is 0 Å². The lowest BCUT2D eigenvalue weighted by molar-refractivity contribution is 0.178. The average molecular weight is 346 g/mol. The van der Waals surface area contributed by atoms with Crippen molar-refractivity contribution in [2.24, 2.45) is 5.41 Å². The topological polar surface area (TPSA) is 33.0 Å². The normalized spacial score (nSPS) is 13.5. The molecule has 0 bridgehead atoms. The Kier molecular flexibility index (Phi) is 5.54. The summed E-state index contributed by atoms with van der Waals surface area (Å²) in [6.07, 6.45) is 0.929. The first-order valence-corrected chi connectivity index (χ1v) is 9.28. The van der Waals surface area contributed by atoms with E-state index in [1.54, 1.807) is 23.5 Å². The summed E-state index contributed by atoms with van der Waals surface area (Å²) in [5.74, 6) is 0.481. The molecule has 2 nitrogen and oxygen atoms in total. The van der Waals surface area contributed by atoms with Gasteiger partial charge in [0.2, 0.25) is 0 Å². The minimum Gasteiger partial charge on any atom is -0.493 e. The summed E-state index contributed by atoms with van der Waals surface area (Å²) in [5.41, 5.74) is 3.26. The van der Waals surface area contributed by atoms with Crippen molar-refractivity contribution in [3.05, 3.63) is 45.4 Å². The van der Waals surface area contributed by atoms with Crippen LogP contribution in [0.2, 0.25) is 0 Å². The molecule has 0 saturated heterocycles. The van der Waals surface area contributed by atoms with E-state index in [0.717, 1.165) is 10.7 Å². The van der Waals surface area contributed by atoms with Crippen molar-refractivity contribution in [3.8, 4) is 6.07 Å². The summed E-state index contributed by atoms with van der Waals surface area (Å²) in [7, 11) is 0. The summed E-state index contributed by atoms with van der Waals surface area (Å²) in [6.45, 7) is 15.3. The van der Waals surface area contributed by atoms with Gasteiger partial charge in [0.15, 0.2) is 0 Å². The van der Waals surface area contributed by atoms with Gasteiger partial charge in [-0.25, -0.2) is 0 Å². The van der Waals surface area contributed by atoms with Crippen LogP contribution < -0.4 is 0 Å². The van der Waals surface area contributed by atoms with E-state index in [-0.39, 0.29) is 5.41 Å². The van der Waals surface area contributed by atoms with E-state index in [2.05, 4.69) is 59.4 Å². The minimum absolute atomic E-state index is 0.210. The molecular weight excluding hydrogens is 322 g/mol. The summed E-state index contributed by atoms with van der Waals surface area (Å²) in [4.78, 5) is 2.50. The van der Waals surface area contributed by atoms with Crippen molar-refractivity contribution in [2.75, 3.05) is 6.61 Å². The first-order chi connectivity index (χ1) is 10.7. The lowest BCUT2D eigenvalue weighted by Gasteiger charge is -2.18. The standard InChI is InChI=1S/C19H23NOS2/c1-12-7-8-13(2)17-16(12)22-18(23-17)15(11-20)14(3)21-10-9-19(4,5)6/h7-8H,3,9-10H2,1-2,4-6H3. The predicted octanol–water partition coefficient (Wildman–Crippen LogP) is 6.20. The molecule has 23 heavy (non-hydrogen) atoms. The van der Waals surface area contributed by atoms with Crippen LogP contribution in [0.15, 0.2) is 44.1 Å². The number of nitriles is 1. The van der Waals surface area contributed by atoms with Crippen LogP contribution in [-0.4, -0.2) is 6.61 Å². The molecule has 0 N–H and O–H groups in total. The van der Waals surface area contributed by atoms with Gasteiger partial charge in [-0.3, -0.25) is 0 Å². The van der Waals surface area contributed by atoms with Crippen LogP contribution in [0.3, 0.4) is 0 Å². The Bertz CT molecular complexity index is 672. The Labute approximate surface area is 148 Å². The van der Waals surface area contributed by atoms with Gasteiger partial charge >= 0.3 is 0 Å².